The zero-order valence-corrected chi connectivity index (χ0v) is 18.5. The summed E-state index contributed by atoms with van der Waals surface area (Å²) in [4.78, 5) is 36.6. The lowest BCUT2D eigenvalue weighted by Gasteiger charge is -2.22. The van der Waals surface area contributed by atoms with Crippen LogP contribution in [-0.2, 0) is 9.59 Å². The minimum atomic E-state index is -1.09. The Morgan fingerprint density at radius 2 is 2.13 bits per heavy atom. The van der Waals surface area contributed by atoms with E-state index in [-0.39, 0.29) is 14.9 Å². The SMILES string of the molecule is CCCC[C@@H](C(=O)O)N1C(=O)/C(=C\c2ccc(-c3ccc(C)c([N+](=O)[O-])c3)o2)SC1=S. The molecule has 1 aliphatic heterocycles. The summed E-state index contributed by atoms with van der Waals surface area (Å²) >= 11 is 6.28. The van der Waals surface area contributed by atoms with Gasteiger partial charge in [-0.1, -0.05) is 55.9 Å². The zero-order chi connectivity index (χ0) is 22.7. The van der Waals surface area contributed by atoms with Gasteiger partial charge >= 0.3 is 5.97 Å². The Balaban J connectivity index is 1.85. The van der Waals surface area contributed by atoms with Crippen molar-refractivity contribution in [3.8, 4) is 11.3 Å². The number of nitrogens with zero attached hydrogens (tertiary/aromatic N) is 2. The number of amides is 1. The van der Waals surface area contributed by atoms with E-state index in [1.54, 1.807) is 31.2 Å². The number of carboxylic acids is 1. The van der Waals surface area contributed by atoms with Gasteiger partial charge in [0.05, 0.1) is 9.83 Å². The van der Waals surface area contributed by atoms with Gasteiger partial charge < -0.3 is 9.52 Å². The number of carbonyl (C=O) groups excluding carboxylic acids is 1. The van der Waals surface area contributed by atoms with Gasteiger partial charge in [0.15, 0.2) is 0 Å². The molecular weight excluding hydrogens is 440 g/mol. The predicted molar refractivity (Wildman–Crippen MR) is 121 cm³/mol. The van der Waals surface area contributed by atoms with Crippen LogP contribution < -0.4 is 0 Å². The molecule has 0 bridgehead atoms. The minimum Gasteiger partial charge on any atom is -0.480 e. The summed E-state index contributed by atoms with van der Waals surface area (Å²) in [6.45, 7) is 3.60. The molecular formula is C21H20N2O6S2. The first-order chi connectivity index (χ1) is 14.7. The largest absolute Gasteiger partial charge is 0.480 e. The van der Waals surface area contributed by atoms with Crippen LogP contribution in [0.25, 0.3) is 17.4 Å². The standard InChI is InChI=1S/C21H20N2O6S2/c1-3-4-5-15(20(25)26)22-19(24)18(31-21(22)30)11-14-8-9-17(29-14)13-7-6-12(2)16(10-13)23(27)28/h6-11,15H,3-5H2,1-2H3,(H,25,26)/b18-11+/t15-/m0/s1. The molecule has 0 saturated carbocycles. The quantitative estimate of drug-likeness (QED) is 0.253. The zero-order valence-electron chi connectivity index (χ0n) is 16.9. The monoisotopic (exact) mass is 460 g/mol. The molecule has 162 valence electrons. The Morgan fingerprint density at radius 3 is 2.77 bits per heavy atom. The Bertz CT molecular complexity index is 1090. The fourth-order valence-electron chi connectivity index (χ4n) is 3.18. The Labute approximate surface area is 188 Å². The maximum Gasteiger partial charge on any atom is 0.326 e. The van der Waals surface area contributed by atoms with Gasteiger partial charge in [-0.15, -0.1) is 0 Å². The van der Waals surface area contributed by atoms with Crippen molar-refractivity contribution in [2.45, 2.75) is 39.2 Å². The molecule has 0 aliphatic carbocycles. The van der Waals surface area contributed by atoms with Crippen LogP contribution in [0.4, 0.5) is 5.69 Å². The molecule has 2 aromatic rings. The maximum absolute atomic E-state index is 12.8. The maximum atomic E-state index is 12.8. The number of nitro groups is 1. The van der Waals surface area contributed by atoms with E-state index < -0.39 is 22.8 Å². The second-order valence-electron chi connectivity index (χ2n) is 7.01. The molecule has 10 heteroatoms. The molecule has 1 atom stereocenters. The van der Waals surface area contributed by atoms with Gasteiger partial charge in [0.1, 0.15) is 21.9 Å². The van der Waals surface area contributed by atoms with E-state index >= 15 is 0 Å². The third kappa shape index (κ3) is 4.86. The number of hydrogen-bond donors (Lipinski definition) is 1. The highest BCUT2D eigenvalue weighted by molar-refractivity contribution is 8.26. The molecule has 0 unspecified atom stereocenters. The van der Waals surface area contributed by atoms with Gasteiger partial charge in [-0.3, -0.25) is 19.8 Å². The number of carbonyl (C=O) groups is 2. The number of thiocarbonyl (C=S) groups is 1. The molecule has 1 N–H and O–H groups in total. The summed E-state index contributed by atoms with van der Waals surface area (Å²) < 4.78 is 5.95. The van der Waals surface area contributed by atoms with Gasteiger partial charge in [-0.25, -0.2) is 4.79 Å². The number of nitro benzene ring substituents is 1. The van der Waals surface area contributed by atoms with E-state index in [0.717, 1.165) is 23.1 Å². The van der Waals surface area contributed by atoms with Crippen molar-refractivity contribution in [3.05, 3.63) is 56.7 Å². The molecule has 1 aliphatic rings. The molecule has 0 spiro atoms. The summed E-state index contributed by atoms with van der Waals surface area (Å²) in [7, 11) is 0. The van der Waals surface area contributed by atoms with Gasteiger partial charge in [0.25, 0.3) is 11.6 Å². The van der Waals surface area contributed by atoms with Crippen molar-refractivity contribution in [2.75, 3.05) is 0 Å². The van der Waals surface area contributed by atoms with Crippen molar-refractivity contribution in [1.82, 2.24) is 4.90 Å². The first-order valence-electron chi connectivity index (χ1n) is 9.58. The van der Waals surface area contributed by atoms with Crippen LogP contribution in [0.15, 0.2) is 39.7 Å². The molecule has 1 aromatic carbocycles. The number of thioether (sulfide) groups is 1. The van der Waals surface area contributed by atoms with Crippen molar-refractivity contribution >= 4 is 51.9 Å². The second kappa shape index (κ2) is 9.44. The molecule has 1 aromatic heterocycles. The lowest BCUT2D eigenvalue weighted by molar-refractivity contribution is -0.385. The molecule has 1 saturated heterocycles. The highest BCUT2D eigenvalue weighted by Gasteiger charge is 2.40. The number of hydrogen-bond acceptors (Lipinski definition) is 7. The van der Waals surface area contributed by atoms with Crippen LogP contribution in [-0.4, -0.2) is 37.2 Å². The van der Waals surface area contributed by atoms with Gasteiger partial charge in [-0.05, 0) is 25.5 Å². The normalized spacial score (nSPS) is 16.2. The predicted octanol–water partition coefficient (Wildman–Crippen LogP) is 5.01. The van der Waals surface area contributed by atoms with E-state index in [1.165, 1.54) is 12.1 Å². The molecule has 1 fully saturated rings. The summed E-state index contributed by atoms with van der Waals surface area (Å²) in [6.07, 6.45) is 3.30. The number of unbranched alkanes of at least 4 members (excludes halogenated alkanes) is 1. The highest BCUT2D eigenvalue weighted by atomic mass is 32.2. The average molecular weight is 461 g/mol. The minimum absolute atomic E-state index is 0.0110. The summed E-state index contributed by atoms with van der Waals surface area (Å²) in [5, 5.41) is 20.7. The van der Waals surface area contributed by atoms with Gasteiger partial charge in [0.2, 0.25) is 0 Å². The molecule has 0 radical (unpaired) electrons. The van der Waals surface area contributed by atoms with E-state index in [4.69, 9.17) is 16.6 Å². The second-order valence-corrected chi connectivity index (χ2v) is 8.68. The first-order valence-corrected chi connectivity index (χ1v) is 10.8. The van der Waals surface area contributed by atoms with Crippen LogP contribution in [0, 0.1) is 17.0 Å². The number of furan rings is 1. The Morgan fingerprint density at radius 1 is 1.39 bits per heavy atom. The molecule has 8 nitrogen and oxygen atoms in total. The van der Waals surface area contributed by atoms with Crippen LogP contribution in [0.5, 0.6) is 0 Å². The van der Waals surface area contributed by atoms with Crippen molar-refractivity contribution in [2.24, 2.45) is 0 Å². The molecule has 1 amide bonds. The lowest BCUT2D eigenvalue weighted by Crippen LogP contribution is -2.43. The van der Waals surface area contributed by atoms with Crippen molar-refractivity contribution in [1.29, 1.82) is 0 Å². The van der Waals surface area contributed by atoms with Crippen molar-refractivity contribution < 1.29 is 24.0 Å². The van der Waals surface area contributed by atoms with E-state index in [2.05, 4.69) is 0 Å². The summed E-state index contributed by atoms with van der Waals surface area (Å²) in [6, 6.07) is 7.08. The number of aliphatic carboxylic acids is 1. The Hall–Kier alpha value is -2.98. The number of carboxylic acid groups (broad SMARTS) is 1. The molecule has 3 rings (SSSR count). The number of aryl methyl sites for hydroxylation is 1. The van der Waals surface area contributed by atoms with Crippen LogP contribution >= 0.6 is 24.0 Å². The fraction of sp³-hybridized carbons (Fsp3) is 0.286. The summed E-state index contributed by atoms with van der Waals surface area (Å²) in [5.41, 5.74) is 1.07. The van der Waals surface area contributed by atoms with E-state index in [9.17, 15) is 24.8 Å². The molecule has 31 heavy (non-hydrogen) atoms. The third-order valence-electron chi connectivity index (χ3n) is 4.84. The lowest BCUT2D eigenvalue weighted by atomic mass is 10.1. The first kappa shape index (κ1) is 22.7. The summed E-state index contributed by atoms with van der Waals surface area (Å²) in [5.74, 6) is -0.787. The fourth-order valence-corrected chi connectivity index (χ4v) is 4.52. The van der Waals surface area contributed by atoms with Crippen molar-refractivity contribution in [3.63, 3.8) is 0 Å². The topological polar surface area (TPSA) is 114 Å². The van der Waals surface area contributed by atoms with Crippen LogP contribution in [0.2, 0.25) is 0 Å². The van der Waals surface area contributed by atoms with Crippen LogP contribution in [0.3, 0.4) is 0 Å². The average Bonchev–Trinajstić information content (AvgIpc) is 3.28. The van der Waals surface area contributed by atoms with Gasteiger partial charge in [-0.2, -0.15) is 0 Å². The van der Waals surface area contributed by atoms with Crippen LogP contribution in [0.1, 0.15) is 37.5 Å². The Kier molecular flexibility index (Phi) is 6.91. The van der Waals surface area contributed by atoms with E-state index in [1.807, 2.05) is 6.92 Å². The smallest absolute Gasteiger partial charge is 0.326 e. The van der Waals surface area contributed by atoms with Gasteiger partial charge in [0, 0.05) is 23.3 Å². The highest BCUT2D eigenvalue weighted by Crippen LogP contribution is 2.36. The number of benzene rings is 1. The number of rotatable bonds is 8. The molecule has 2 heterocycles. The third-order valence-corrected chi connectivity index (χ3v) is 6.17. The van der Waals surface area contributed by atoms with E-state index in [0.29, 0.717) is 35.5 Å².